The Morgan fingerprint density at radius 2 is 2.04 bits per heavy atom. The molecule has 0 aliphatic rings. The molecule has 0 radical (unpaired) electrons. The van der Waals surface area contributed by atoms with Gasteiger partial charge in [0.25, 0.3) is 5.56 Å². The second-order valence-electron chi connectivity index (χ2n) is 5.80. The summed E-state index contributed by atoms with van der Waals surface area (Å²) in [6.07, 6.45) is -4.45. The minimum atomic E-state index is -4.45. The molecule has 11 heteroatoms. The number of nitrogens with zero attached hydrogens (tertiary/aromatic N) is 6. The third kappa shape index (κ3) is 3.33. The van der Waals surface area contributed by atoms with Gasteiger partial charge < -0.3 is 0 Å². The number of thiazole rings is 1. The molecule has 0 saturated carbocycles. The lowest BCUT2D eigenvalue weighted by Crippen LogP contribution is -2.17. The molecule has 0 atom stereocenters. The fraction of sp³-hybridized carbons (Fsp3) is 0.188. The van der Waals surface area contributed by atoms with Crippen LogP contribution >= 0.6 is 11.3 Å². The second kappa shape index (κ2) is 6.27. The van der Waals surface area contributed by atoms with E-state index in [2.05, 4.69) is 20.4 Å². The summed E-state index contributed by atoms with van der Waals surface area (Å²) >= 11 is 1.34. The van der Waals surface area contributed by atoms with E-state index in [4.69, 9.17) is 0 Å². The molecule has 4 aromatic rings. The third-order valence-corrected chi connectivity index (χ3v) is 4.78. The Kier molecular flexibility index (Phi) is 4.02. The Morgan fingerprint density at radius 1 is 1.22 bits per heavy atom. The summed E-state index contributed by atoms with van der Waals surface area (Å²) in [6, 6.07) is 6.08. The molecule has 4 rings (SSSR count). The molecule has 0 N–H and O–H groups in total. The molecule has 1 aromatic carbocycles. The molecule has 3 aromatic heterocycles. The van der Waals surface area contributed by atoms with Crippen LogP contribution in [0, 0.1) is 6.92 Å². The third-order valence-electron chi connectivity index (χ3n) is 3.83. The van der Waals surface area contributed by atoms with Crippen molar-refractivity contribution in [2.75, 3.05) is 0 Å². The minimum absolute atomic E-state index is 0.0610. The number of hydrogen-bond acceptors (Lipinski definition) is 6. The molecule has 0 bridgehead atoms. The predicted octanol–water partition coefficient (Wildman–Crippen LogP) is 2.79. The molecule has 0 aliphatic heterocycles. The van der Waals surface area contributed by atoms with Crippen LogP contribution in [0.4, 0.5) is 13.2 Å². The van der Waals surface area contributed by atoms with Crippen molar-refractivity contribution in [3.05, 3.63) is 63.0 Å². The highest BCUT2D eigenvalue weighted by Crippen LogP contribution is 2.31. The maximum absolute atomic E-state index is 12.8. The minimum Gasteiger partial charge on any atom is -0.269 e. The van der Waals surface area contributed by atoms with Crippen molar-refractivity contribution in [1.82, 2.24) is 29.6 Å². The summed E-state index contributed by atoms with van der Waals surface area (Å²) in [6.45, 7) is 1.89. The van der Waals surface area contributed by atoms with E-state index in [0.717, 1.165) is 17.8 Å². The first kappa shape index (κ1) is 17.3. The molecule has 0 saturated heterocycles. The molecule has 138 valence electrons. The van der Waals surface area contributed by atoms with Gasteiger partial charge in [-0.2, -0.15) is 18.0 Å². The Bertz CT molecular complexity index is 1190. The SMILES string of the molecule is Cc1csc2nc(Cn3nnc(-c4cccc(C(F)(F)F)c4)n3)cc(=O)n12. The summed E-state index contributed by atoms with van der Waals surface area (Å²) in [5.74, 6) is 0.0610. The fourth-order valence-corrected chi connectivity index (χ4v) is 3.48. The number of halogens is 3. The molecule has 0 spiro atoms. The van der Waals surface area contributed by atoms with Crippen LogP contribution in [0.2, 0.25) is 0 Å². The van der Waals surface area contributed by atoms with Gasteiger partial charge in [-0.1, -0.05) is 12.1 Å². The van der Waals surface area contributed by atoms with Crippen LogP contribution in [-0.4, -0.2) is 29.6 Å². The topological polar surface area (TPSA) is 78.0 Å². The van der Waals surface area contributed by atoms with Crippen molar-refractivity contribution in [2.24, 2.45) is 0 Å². The quantitative estimate of drug-likeness (QED) is 0.536. The van der Waals surface area contributed by atoms with Crippen molar-refractivity contribution in [2.45, 2.75) is 19.6 Å². The van der Waals surface area contributed by atoms with E-state index in [-0.39, 0.29) is 23.5 Å². The first-order chi connectivity index (χ1) is 12.8. The number of hydrogen-bond donors (Lipinski definition) is 0. The van der Waals surface area contributed by atoms with Crippen LogP contribution in [0.15, 0.2) is 40.5 Å². The molecule has 0 aliphatic carbocycles. The molecular weight excluding hydrogens is 381 g/mol. The van der Waals surface area contributed by atoms with E-state index >= 15 is 0 Å². The highest BCUT2D eigenvalue weighted by Gasteiger charge is 2.30. The van der Waals surface area contributed by atoms with E-state index in [9.17, 15) is 18.0 Å². The van der Waals surface area contributed by atoms with Crippen LogP contribution in [0.5, 0.6) is 0 Å². The van der Waals surface area contributed by atoms with Gasteiger partial charge in [0, 0.05) is 22.7 Å². The lowest BCUT2D eigenvalue weighted by molar-refractivity contribution is -0.137. The molecule has 0 amide bonds. The van der Waals surface area contributed by atoms with Gasteiger partial charge in [0.2, 0.25) is 5.82 Å². The number of benzene rings is 1. The van der Waals surface area contributed by atoms with E-state index in [0.29, 0.717) is 10.7 Å². The summed E-state index contributed by atoms with van der Waals surface area (Å²) < 4.78 is 40.0. The van der Waals surface area contributed by atoms with Crippen molar-refractivity contribution in [3.63, 3.8) is 0 Å². The molecule has 0 unspecified atom stereocenters. The average molecular weight is 392 g/mol. The second-order valence-corrected chi connectivity index (χ2v) is 6.64. The molecule has 3 heterocycles. The number of aryl methyl sites for hydroxylation is 1. The van der Waals surface area contributed by atoms with Gasteiger partial charge in [-0.25, -0.2) is 4.98 Å². The van der Waals surface area contributed by atoms with Crippen LogP contribution in [0.25, 0.3) is 16.3 Å². The number of tetrazole rings is 1. The van der Waals surface area contributed by atoms with Gasteiger partial charge in [0.1, 0.15) is 6.54 Å². The normalized spacial score (nSPS) is 12.0. The van der Waals surface area contributed by atoms with Gasteiger partial charge in [-0.05, 0) is 24.3 Å². The Labute approximate surface area is 153 Å². The van der Waals surface area contributed by atoms with E-state index in [1.54, 1.807) is 0 Å². The van der Waals surface area contributed by atoms with Crippen LogP contribution in [0.3, 0.4) is 0 Å². The zero-order valence-corrected chi connectivity index (χ0v) is 14.6. The average Bonchev–Trinajstić information content (AvgIpc) is 3.22. The highest BCUT2D eigenvalue weighted by molar-refractivity contribution is 7.15. The maximum atomic E-state index is 12.8. The lowest BCUT2D eigenvalue weighted by Gasteiger charge is -2.06. The van der Waals surface area contributed by atoms with Crippen LogP contribution in [-0.2, 0) is 12.7 Å². The zero-order valence-electron chi connectivity index (χ0n) is 13.8. The molecule has 7 nitrogen and oxygen atoms in total. The largest absolute Gasteiger partial charge is 0.416 e. The molecular formula is C16H11F3N6OS. The van der Waals surface area contributed by atoms with Gasteiger partial charge >= 0.3 is 6.18 Å². The zero-order chi connectivity index (χ0) is 19.2. The number of rotatable bonds is 3. The van der Waals surface area contributed by atoms with Gasteiger partial charge in [-0.15, -0.1) is 21.5 Å². The molecule has 27 heavy (non-hydrogen) atoms. The lowest BCUT2D eigenvalue weighted by atomic mass is 10.1. The van der Waals surface area contributed by atoms with Gasteiger partial charge in [-0.3, -0.25) is 9.20 Å². The first-order valence-electron chi connectivity index (χ1n) is 7.73. The monoisotopic (exact) mass is 392 g/mol. The van der Waals surface area contributed by atoms with E-state index in [1.165, 1.54) is 38.7 Å². The Hall–Kier alpha value is -3.08. The highest BCUT2D eigenvalue weighted by atomic mass is 32.1. The molecule has 0 fully saturated rings. The standard InChI is InChI=1S/C16H11F3N6OS/c1-9-8-27-15-20-12(6-13(26)25(9)15)7-24-22-14(21-23-24)10-3-2-4-11(5-10)16(17,18)19/h2-6,8H,7H2,1H3. The van der Waals surface area contributed by atoms with E-state index in [1.807, 2.05) is 12.3 Å². The van der Waals surface area contributed by atoms with Crippen molar-refractivity contribution in [3.8, 4) is 11.4 Å². The number of aromatic nitrogens is 6. The predicted molar refractivity (Wildman–Crippen MR) is 91.4 cm³/mol. The fourth-order valence-electron chi connectivity index (χ4n) is 2.59. The first-order valence-corrected chi connectivity index (χ1v) is 8.61. The maximum Gasteiger partial charge on any atom is 0.416 e. The Balaban J connectivity index is 1.63. The van der Waals surface area contributed by atoms with Crippen LogP contribution in [0.1, 0.15) is 17.0 Å². The number of alkyl halides is 3. The van der Waals surface area contributed by atoms with Gasteiger partial charge in [0.05, 0.1) is 11.3 Å². The summed E-state index contributed by atoms with van der Waals surface area (Å²) in [5.41, 5.74) is 0.435. The van der Waals surface area contributed by atoms with E-state index < -0.39 is 11.7 Å². The summed E-state index contributed by atoms with van der Waals surface area (Å²) in [4.78, 5) is 18.3. The summed E-state index contributed by atoms with van der Waals surface area (Å²) in [5, 5.41) is 13.6. The smallest absolute Gasteiger partial charge is 0.269 e. The van der Waals surface area contributed by atoms with Crippen molar-refractivity contribution >= 4 is 16.3 Å². The number of fused-ring (bicyclic) bond motifs is 1. The van der Waals surface area contributed by atoms with Crippen LogP contribution < -0.4 is 5.56 Å². The van der Waals surface area contributed by atoms with Crippen molar-refractivity contribution in [1.29, 1.82) is 0 Å². The van der Waals surface area contributed by atoms with Crippen molar-refractivity contribution < 1.29 is 13.2 Å². The Morgan fingerprint density at radius 3 is 2.81 bits per heavy atom. The summed E-state index contributed by atoms with van der Waals surface area (Å²) in [7, 11) is 0. The van der Waals surface area contributed by atoms with Gasteiger partial charge in [0.15, 0.2) is 4.96 Å².